The minimum atomic E-state index is -0.780. The summed E-state index contributed by atoms with van der Waals surface area (Å²) in [6.45, 7) is 0. The van der Waals surface area contributed by atoms with Crippen molar-refractivity contribution in [2.45, 2.75) is 44.6 Å². The summed E-state index contributed by atoms with van der Waals surface area (Å²) in [6, 6.07) is 4.16. The van der Waals surface area contributed by atoms with E-state index in [0.717, 1.165) is 37.0 Å². The van der Waals surface area contributed by atoms with Crippen molar-refractivity contribution in [3.05, 3.63) is 35.4 Å². The summed E-state index contributed by atoms with van der Waals surface area (Å²) in [6.07, 6.45) is 7.27. The monoisotopic (exact) mass is 292 g/mol. The molecule has 0 saturated heterocycles. The van der Waals surface area contributed by atoms with Crippen molar-refractivity contribution < 1.29 is 8.78 Å². The minimum absolute atomic E-state index is 0.0120. The number of nitrogens with two attached hydrogens (primary N) is 1. The van der Waals surface area contributed by atoms with Crippen LogP contribution >= 0.6 is 0 Å². The first-order chi connectivity index (χ1) is 10.1. The zero-order valence-electron chi connectivity index (χ0n) is 12.1. The summed E-state index contributed by atoms with van der Waals surface area (Å²) < 4.78 is 27.9. The second-order valence-corrected chi connectivity index (χ2v) is 7.52. The van der Waals surface area contributed by atoms with E-state index in [9.17, 15) is 8.78 Å². The van der Waals surface area contributed by atoms with Gasteiger partial charge in [-0.2, -0.15) is 0 Å². The molecule has 5 rings (SSSR count). The van der Waals surface area contributed by atoms with Crippen molar-refractivity contribution in [2.75, 3.05) is 0 Å². The summed E-state index contributed by atoms with van der Waals surface area (Å²) in [5.41, 5.74) is 3.25. The van der Waals surface area contributed by atoms with E-state index in [0.29, 0.717) is 5.56 Å². The van der Waals surface area contributed by atoms with Gasteiger partial charge in [-0.15, -0.1) is 0 Å². The minimum Gasteiger partial charge on any atom is -0.271 e. The maximum Gasteiger partial charge on any atom is 0.163 e. The molecule has 3 N–H and O–H groups in total. The summed E-state index contributed by atoms with van der Waals surface area (Å²) in [7, 11) is 0. The number of benzene rings is 1. The maximum atomic E-state index is 14.3. The van der Waals surface area contributed by atoms with E-state index in [4.69, 9.17) is 5.84 Å². The number of rotatable bonds is 3. The molecule has 4 heteroatoms. The fourth-order valence-electron chi connectivity index (χ4n) is 5.87. The number of hydrogen-bond acceptors (Lipinski definition) is 2. The van der Waals surface area contributed by atoms with Crippen molar-refractivity contribution in [1.29, 1.82) is 0 Å². The lowest BCUT2D eigenvalue weighted by atomic mass is 9.47. The van der Waals surface area contributed by atoms with E-state index in [2.05, 4.69) is 5.43 Å². The van der Waals surface area contributed by atoms with Gasteiger partial charge in [-0.3, -0.25) is 11.3 Å². The molecule has 4 bridgehead atoms. The third-order valence-electron chi connectivity index (χ3n) is 6.16. The highest BCUT2D eigenvalue weighted by molar-refractivity contribution is 5.26. The topological polar surface area (TPSA) is 38.0 Å². The van der Waals surface area contributed by atoms with Gasteiger partial charge in [0, 0.05) is 5.56 Å². The normalized spacial score (nSPS) is 38.7. The Morgan fingerprint density at radius 1 is 1.05 bits per heavy atom. The molecule has 1 unspecified atom stereocenters. The van der Waals surface area contributed by atoms with Crippen molar-refractivity contribution >= 4 is 0 Å². The molecule has 0 aromatic heterocycles. The average Bonchev–Trinajstić information content (AvgIpc) is 2.42. The SMILES string of the molecule is NNC(c1cccc(F)c1F)C12CC3CC(CC(C3)C1)C2. The smallest absolute Gasteiger partial charge is 0.163 e. The van der Waals surface area contributed by atoms with Crippen LogP contribution in [0, 0.1) is 34.8 Å². The number of nitrogens with one attached hydrogen (secondary N) is 1. The third kappa shape index (κ3) is 2.03. The Morgan fingerprint density at radius 3 is 2.14 bits per heavy atom. The zero-order valence-corrected chi connectivity index (χ0v) is 12.1. The summed E-state index contributed by atoms with van der Waals surface area (Å²) >= 11 is 0. The highest BCUT2D eigenvalue weighted by atomic mass is 19.2. The van der Waals surface area contributed by atoms with E-state index in [1.54, 1.807) is 12.1 Å². The Labute approximate surface area is 124 Å². The van der Waals surface area contributed by atoms with Gasteiger partial charge >= 0.3 is 0 Å². The Kier molecular flexibility index (Phi) is 3.09. The molecule has 1 atom stereocenters. The lowest BCUT2D eigenvalue weighted by molar-refractivity contribution is -0.0755. The van der Waals surface area contributed by atoms with Crippen LogP contribution in [0.1, 0.15) is 50.1 Å². The second kappa shape index (κ2) is 4.75. The van der Waals surface area contributed by atoms with Crippen LogP contribution in [0.25, 0.3) is 0 Å². The fraction of sp³-hybridized carbons (Fsp3) is 0.647. The molecule has 1 aromatic rings. The van der Waals surface area contributed by atoms with Gasteiger partial charge in [-0.1, -0.05) is 12.1 Å². The predicted molar refractivity (Wildman–Crippen MR) is 77.0 cm³/mol. The van der Waals surface area contributed by atoms with Gasteiger partial charge in [0.05, 0.1) is 6.04 Å². The molecular formula is C17H22F2N2. The molecule has 4 saturated carbocycles. The van der Waals surface area contributed by atoms with Gasteiger partial charge in [0.25, 0.3) is 0 Å². The van der Waals surface area contributed by atoms with Crippen molar-refractivity contribution in [3.63, 3.8) is 0 Å². The molecule has 0 spiro atoms. The van der Waals surface area contributed by atoms with Crippen LogP contribution in [0.5, 0.6) is 0 Å². The Bertz CT molecular complexity index is 522. The van der Waals surface area contributed by atoms with Crippen LogP contribution in [0.4, 0.5) is 8.78 Å². The van der Waals surface area contributed by atoms with Crippen molar-refractivity contribution in [1.82, 2.24) is 5.43 Å². The van der Waals surface area contributed by atoms with Gasteiger partial charge in [0.15, 0.2) is 11.6 Å². The van der Waals surface area contributed by atoms with Crippen molar-refractivity contribution in [2.24, 2.45) is 29.0 Å². The maximum absolute atomic E-state index is 14.3. The molecule has 0 amide bonds. The first-order valence-corrected chi connectivity index (χ1v) is 8.01. The first kappa shape index (κ1) is 13.6. The van der Waals surface area contributed by atoms with Gasteiger partial charge in [0.1, 0.15) is 0 Å². The van der Waals surface area contributed by atoms with Crippen LogP contribution in [-0.2, 0) is 0 Å². The Morgan fingerprint density at radius 2 is 1.62 bits per heavy atom. The third-order valence-corrected chi connectivity index (χ3v) is 6.16. The van der Waals surface area contributed by atoms with Crippen LogP contribution in [0.15, 0.2) is 18.2 Å². The largest absolute Gasteiger partial charge is 0.271 e. The number of hydrazine groups is 1. The molecule has 4 aliphatic carbocycles. The molecule has 4 fully saturated rings. The van der Waals surface area contributed by atoms with Gasteiger partial charge < -0.3 is 0 Å². The lowest BCUT2D eigenvalue weighted by Gasteiger charge is -2.59. The molecule has 0 radical (unpaired) electrons. The van der Waals surface area contributed by atoms with Crippen molar-refractivity contribution in [3.8, 4) is 0 Å². The van der Waals surface area contributed by atoms with Crippen LogP contribution in [0.2, 0.25) is 0 Å². The average molecular weight is 292 g/mol. The number of halogens is 2. The first-order valence-electron chi connectivity index (χ1n) is 8.01. The summed E-state index contributed by atoms with van der Waals surface area (Å²) in [5.74, 6) is 6.55. The molecule has 114 valence electrons. The quantitative estimate of drug-likeness (QED) is 0.659. The number of hydrogen-bond donors (Lipinski definition) is 2. The Hall–Kier alpha value is -1.00. The fourth-order valence-corrected chi connectivity index (χ4v) is 5.87. The second-order valence-electron chi connectivity index (χ2n) is 7.52. The predicted octanol–water partition coefficient (Wildman–Crippen LogP) is 3.69. The van der Waals surface area contributed by atoms with E-state index >= 15 is 0 Å². The molecule has 21 heavy (non-hydrogen) atoms. The van der Waals surface area contributed by atoms with E-state index in [-0.39, 0.29) is 11.5 Å². The van der Waals surface area contributed by atoms with Crippen LogP contribution < -0.4 is 11.3 Å². The van der Waals surface area contributed by atoms with Crippen LogP contribution in [0.3, 0.4) is 0 Å². The van der Waals surface area contributed by atoms with E-state index in [1.807, 2.05) is 0 Å². The molecule has 0 aliphatic heterocycles. The Balaban J connectivity index is 1.74. The molecule has 4 aliphatic rings. The van der Waals surface area contributed by atoms with E-state index in [1.165, 1.54) is 25.3 Å². The van der Waals surface area contributed by atoms with Crippen LogP contribution in [-0.4, -0.2) is 0 Å². The van der Waals surface area contributed by atoms with Gasteiger partial charge in [-0.05, 0) is 67.8 Å². The molecule has 0 heterocycles. The summed E-state index contributed by atoms with van der Waals surface area (Å²) in [5, 5.41) is 0. The molecule has 2 nitrogen and oxygen atoms in total. The molecule has 1 aromatic carbocycles. The highest BCUT2D eigenvalue weighted by Gasteiger charge is 2.54. The highest BCUT2D eigenvalue weighted by Crippen LogP contribution is 2.64. The van der Waals surface area contributed by atoms with E-state index < -0.39 is 11.6 Å². The van der Waals surface area contributed by atoms with Gasteiger partial charge in [-0.25, -0.2) is 8.78 Å². The van der Waals surface area contributed by atoms with Gasteiger partial charge in [0.2, 0.25) is 0 Å². The standard InChI is InChI=1S/C17H22F2N2/c18-14-3-1-2-13(15(14)19)16(21-20)17-7-10-4-11(8-17)6-12(5-10)9-17/h1-3,10-12,16,21H,4-9,20H2. The zero-order chi connectivity index (χ0) is 14.6. The lowest BCUT2D eigenvalue weighted by Crippen LogP contribution is -2.53. The summed E-state index contributed by atoms with van der Waals surface area (Å²) in [4.78, 5) is 0. The molecular weight excluding hydrogens is 270 g/mol.